The number of anilines is 1. The summed E-state index contributed by atoms with van der Waals surface area (Å²) < 4.78 is 11.2. The van der Waals surface area contributed by atoms with E-state index in [2.05, 4.69) is 4.98 Å². The number of hydrogen-bond acceptors (Lipinski definition) is 4. The molecule has 4 heteroatoms. The van der Waals surface area contributed by atoms with Crippen LogP contribution in [0.4, 0.5) is 5.69 Å². The van der Waals surface area contributed by atoms with Crippen LogP contribution in [0.5, 0.6) is 17.2 Å². The van der Waals surface area contributed by atoms with Gasteiger partial charge in [-0.15, -0.1) is 0 Å². The molecule has 0 radical (unpaired) electrons. The second-order valence-electron chi connectivity index (χ2n) is 3.86. The Morgan fingerprint density at radius 3 is 2.72 bits per heavy atom. The predicted molar refractivity (Wildman–Crippen MR) is 71.1 cm³/mol. The number of nitrogens with two attached hydrogens (primary N) is 1. The van der Waals surface area contributed by atoms with Gasteiger partial charge in [-0.3, -0.25) is 4.98 Å². The summed E-state index contributed by atoms with van der Waals surface area (Å²) in [5.41, 5.74) is 7.25. The maximum absolute atomic E-state index is 5.81. The molecule has 1 heterocycles. The van der Waals surface area contributed by atoms with Crippen LogP contribution in [0.15, 0.2) is 36.5 Å². The first-order chi connectivity index (χ1) is 8.69. The third-order valence-electron chi connectivity index (χ3n) is 2.40. The summed E-state index contributed by atoms with van der Waals surface area (Å²) in [6.45, 7) is 4.41. The van der Waals surface area contributed by atoms with Gasteiger partial charge in [0, 0.05) is 30.1 Å². The fourth-order valence-corrected chi connectivity index (χ4v) is 1.61. The van der Waals surface area contributed by atoms with Crippen LogP contribution < -0.4 is 15.2 Å². The van der Waals surface area contributed by atoms with Crippen LogP contribution in [0.25, 0.3) is 0 Å². The molecule has 1 aromatic heterocycles. The summed E-state index contributed by atoms with van der Waals surface area (Å²) in [7, 11) is 0. The number of nitrogen functional groups attached to an aromatic ring is 1. The van der Waals surface area contributed by atoms with Crippen LogP contribution in [0.1, 0.15) is 12.6 Å². The SMILES string of the molecule is CCOc1cc(N)cc(Oc2cccnc2C)c1. The molecule has 0 bridgehead atoms. The Bertz CT molecular complexity index is 541. The summed E-state index contributed by atoms with van der Waals surface area (Å²) >= 11 is 0. The zero-order chi connectivity index (χ0) is 13.0. The molecule has 2 N–H and O–H groups in total. The van der Waals surface area contributed by atoms with Crippen molar-refractivity contribution in [2.75, 3.05) is 12.3 Å². The molecule has 4 nitrogen and oxygen atoms in total. The molecule has 1 aromatic carbocycles. The molecule has 0 aliphatic heterocycles. The average molecular weight is 244 g/mol. The molecular formula is C14H16N2O2. The minimum absolute atomic E-state index is 0.592. The lowest BCUT2D eigenvalue weighted by molar-refractivity contribution is 0.338. The number of nitrogens with zero attached hydrogens (tertiary/aromatic N) is 1. The number of benzene rings is 1. The van der Waals surface area contributed by atoms with Gasteiger partial charge in [0.2, 0.25) is 0 Å². The van der Waals surface area contributed by atoms with Gasteiger partial charge in [0.05, 0.1) is 12.3 Å². The summed E-state index contributed by atoms with van der Waals surface area (Å²) in [4.78, 5) is 4.17. The van der Waals surface area contributed by atoms with Crippen molar-refractivity contribution in [2.45, 2.75) is 13.8 Å². The minimum atomic E-state index is 0.592. The van der Waals surface area contributed by atoms with Crippen LogP contribution in [0, 0.1) is 6.92 Å². The van der Waals surface area contributed by atoms with E-state index in [-0.39, 0.29) is 0 Å². The minimum Gasteiger partial charge on any atom is -0.494 e. The highest BCUT2D eigenvalue weighted by Gasteiger charge is 2.04. The third-order valence-corrected chi connectivity index (χ3v) is 2.40. The molecule has 0 atom stereocenters. The zero-order valence-corrected chi connectivity index (χ0v) is 10.5. The van der Waals surface area contributed by atoms with E-state index in [0.29, 0.717) is 29.5 Å². The Hall–Kier alpha value is -2.23. The number of ether oxygens (including phenoxy) is 2. The summed E-state index contributed by atoms with van der Waals surface area (Å²) in [5, 5.41) is 0. The van der Waals surface area contributed by atoms with Gasteiger partial charge < -0.3 is 15.2 Å². The molecule has 0 aliphatic carbocycles. The standard InChI is InChI=1S/C14H16N2O2/c1-3-17-12-7-11(15)8-13(9-12)18-14-5-4-6-16-10(14)2/h4-9H,3,15H2,1-2H3. The highest BCUT2D eigenvalue weighted by molar-refractivity contribution is 5.51. The van der Waals surface area contributed by atoms with Crippen LogP contribution in [-0.4, -0.2) is 11.6 Å². The predicted octanol–water partition coefficient (Wildman–Crippen LogP) is 3.16. The van der Waals surface area contributed by atoms with E-state index in [1.165, 1.54) is 0 Å². The summed E-state index contributed by atoms with van der Waals surface area (Å²) in [6.07, 6.45) is 1.73. The second kappa shape index (κ2) is 5.40. The molecular weight excluding hydrogens is 228 g/mol. The number of rotatable bonds is 4. The van der Waals surface area contributed by atoms with Crippen molar-refractivity contribution in [3.8, 4) is 17.2 Å². The van der Waals surface area contributed by atoms with E-state index in [0.717, 1.165) is 5.69 Å². The largest absolute Gasteiger partial charge is 0.494 e. The van der Waals surface area contributed by atoms with Crippen molar-refractivity contribution in [3.63, 3.8) is 0 Å². The number of aromatic nitrogens is 1. The first kappa shape index (κ1) is 12.2. The molecule has 0 saturated heterocycles. The van der Waals surface area contributed by atoms with Gasteiger partial charge in [-0.2, -0.15) is 0 Å². The Morgan fingerprint density at radius 1 is 1.22 bits per heavy atom. The van der Waals surface area contributed by atoms with Gasteiger partial charge in [-0.1, -0.05) is 0 Å². The smallest absolute Gasteiger partial charge is 0.148 e. The number of hydrogen-bond donors (Lipinski definition) is 1. The topological polar surface area (TPSA) is 57.4 Å². The molecule has 0 aliphatic rings. The van der Waals surface area contributed by atoms with Crippen molar-refractivity contribution < 1.29 is 9.47 Å². The van der Waals surface area contributed by atoms with Crippen molar-refractivity contribution in [1.82, 2.24) is 4.98 Å². The van der Waals surface area contributed by atoms with E-state index in [9.17, 15) is 0 Å². The van der Waals surface area contributed by atoms with Crippen LogP contribution in [-0.2, 0) is 0 Å². The van der Waals surface area contributed by atoms with E-state index in [4.69, 9.17) is 15.2 Å². The maximum Gasteiger partial charge on any atom is 0.148 e. The fourth-order valence-electron chi connectivity index (χ4n) is 1.61. The Labute approximate surface area is 106 Å². The Morgan fingerprint density at radius 2 is 2.00 bits per heavy atom. The zero-order valence-electron chi connectivity index (χ0n) is 10.5. The van der Waals surface area contributed by atoms with Gasteiger partial charge in [0.15, 0.2) is 0 Å². The highest BCUT2D eigenvalue weighted by Crippen LogP contribution is 2.29. The molecule has 94 valence electrons. The van der Waals surface area contributed by atoms with Crippen molar-refractivity contribution in [3.05, 3.63) is 42.2 Å². The van der Waals surface area contributed by atoms with Gasteiger partial charge in [0.25, 0.3) is 0 Å². The highest BCUT2D eigenvalue weighted by atomic mass is 16.5. The van der Waals surface area contributed by atoms with Crippen LogP contribution in [0.3, 0.4) is 0 Å². The Kier molecular flexibility index (Phi) is 3.67. The van der Waals surface area contributed by atoms with Crippen molar-refractivity contribution in [1.29, 1.82) is 0 Å². The molecule has 0 saturated carbocycles. The average Bonchev–Trinajstić information content (AvgIpc) is 2.32. The molecule has 2 aromatic rings. The van der Waals surface area contributed by atoms with Crippen LogP contribution >= 0.6 is 0 Å². The Balaban J connectivity index is 2.26. The molecule has 0 amide bonds. The van der Waals surface area contributed by atoms with E-state index in [1.807, 2.05) is 32.0 Å². The van der Waals surface area contributed by atoms with Crippen LogP contribution in [0.2, 0.25) is 0 Å². The van der Waals surface area contributed by atoms with Gasteiger partial charge >= 0.3 is 0 Å². The van der Waals surface area contributed by atoms with Gasteiger partial charge in [0.1, 0.15) is 17.2 Å². The summed E-state index contributed by atoms with van der Waals surface area (Å²) in [6, 6.07) is 9.04. The lowest BCUT2D eigenvalue weighted by atomic mass is 10.3. The summed E-state index contributed by atoms with van der Waals surface area (Å²) in [5.74, 6) is 2.06. The van der Waals surface area contributed by atoms with Crippen molar-refractivity contribution >= 4 is 5.69 Å². The van der Waals surface area contributed by atoms with E-state index in [1.54, 1.807) is 18.3 Å². The first-order valence-electron chi connectivity index (χ1n) is 5.82. The quantitative estimate of drug-likeness (QED) is 0.839. The molecule has 0 spiro atoms. The molecule has 2 rings (SSSR count). The van der Waals surface area contributed by atoms with Gasteiger partial charge in [-0.25, -0.2) is 0 Å². The van der Waals surface area contributed by atoms with Crippen molar-refractivity contribution in [2.24, 2.45) is 0 Å². The normalized spacial score (nSPS) is 10.1. The lowest BCUT2D eigenvalue weighted by Crippen LogP contribution is -1.95. The fraction of sp³-hybridized carbons (Fsp3) is 0.214. The van der Waals surface area contributed by atoms with E-state index < -0.39 is 0 Å². The molecule has 0 unspecified atom stereocenters. The second-order valence-corrected chi connectivity index (χ2v) is 3.86. The lowest BCUT2D eigenvalue weighted by Gasteiger charge is -2.10. The monoisotopic (exact) mass is 244 g/mol. The van der Waals surface area contributed by atoms with Gasteiger partial charge in [-0.05, 0) is 26.0 Å². The van der Waals surface area contributed by atoms with E-state index >= 15 is 0 Å². The molecule has 18 heavy (non-hydrogen) atoms. The first-order valence-corrected chi connectivity index (χ1v) is 5.82. The number of pyridine rings is 1. The maximum atomic E-state index is 5.81. The molecule has 0 fully saturated rings. The third kappa shape index (κ3) is 2.91. The number of aryl methyl sites for hydroxylation is 1.